The molecule has 1 aromatic heterocycles. The van der Waals surface area contributed by atoms with Crippen molar-refractivity contribution in [2.45, 2.75) is 39.7 Å². The van der Waals surface area contributed by atoms with Gasteiger partial charge in [0.05, 0.1) is 11.0 Å². The third-order valence-corrected chi connectivity index (χ3v) is 3.83. The lowest BCUT2D eigenvalue weighted by Crippen LogP contribution is -2.22. The molecule has 1 aromatic carbocycles. The fourth-order valence-electron chi connectivity index (χ4n) is 2.43. The van der Waals surface area contributed by atoms with Gasteiger partial charge >= 0.3 is 0 Å². The summed E-state index contributed by atoms with van der Waals surface area (Å²) in [4.78, 5) is 4.84. The van der Waals surface area contributed by atoms with Gasteiger partial charge in [0.1, 0.15) is 5.82 Å². The van der Waals surface area contributed by atoms with Crippen molar-refractivity contribution in [2.75, 3.05) is 13.1 Å². The maximum Gasteiger partial charge on any atom is 0.114 e. The molecule has 0 aliphatic carbocycles. The van der Waals surface area contributed by atoms with Crippen molar-refractivity contribution in [1.82, 2.24) is 14.9 Å². The zero-order valence-corrected chi connectivity index (χ0v) is 13.7. The number of halogens is 1. The van der Waals surface area contributed by atoms with E-state index in [9.17, 15) is 0 Å². The summed E-state index contributed by atoms with van der Waals surface area (Å²) in [6.45, 7) is 10.8. The van der Waals surface area contributed by atoms with Crippen LogP contribution in [0.2, 0.25) is 0 Å². The molecule has 0 saturated carbocycles. The van der Waals surface area contributed by atoms with Gasteiger partial charge in [-0.3, -0.25) is 0 Å². The van der Waals surface area contributed by atoms with Gasteiger partial charge in [-0.2, -0.15) is 0 Å². The summed E-state index contributed by atoms with van der Waals surface area (Å²) in [6, 6.07) is 6.75. The number of nitrogens with zero attached hydrogens (tertiary/aromatic N) is 2. The summed E-state index contributed by atoms with van der Waals surface area (Å²) >= 11 is 3.52. The number of aromatic nitrogens is 2. The highest BCUT2D eigenvalue weighted by Gasteiger charge is 2.18. The van der Waals surface area contributed by atoms with Crippen molar-refractivity contribution in [2.24, 2.45) is 0 Å². The molecular weight excluding hydrogens is 302 g/mol. The van der Waals surface area contributed by atoms with Crippen LogP contribution in [0.25, 0.3) is 11.0 Å². The summed E-state index contributed by atoms with van der Waals surface area (Å²) < 4.78 is 3.43. The first-order valence-corrected chi connectivity index (χ1v) is 7.72. The normalized spacial score (nSPS) is 13.4. The van der Waals surface area contributed by atoms with E-state index < -0.39 is 0 Å². The first-order chi connectivity index (χ1) is 9.04. The van der Waals surface area contributed by atoms with Crippen molar-refractivity contribution >= 4 is 27.0 Å². The highest BCUT2D eigenvalue weighted by atomic mass is 79.9. The summed E-state index contributed by atoms with van der Waals surface area (Å²) in [6.07, 6.45) is 0. The monoisotopic (exact) mass is 323 g/mol. The van der Waals surface area contributed by atoms with Gasteiger partial charge in [-0.15, -0.1) is 0 Å². The molecule has 0 amide bonds. The van der Waals surface area contributed by atoms with E-state index in [1.807, 2.05) is 0 Å². The van der Waals surface area contributed by atoms with Gasteiger partial charge in [0.25, 0.3) is 0 Å². The van der Waals surface area contributed by atoms with Crippen LogP contribution in [0.5, 0.6) is 0 Å². The predicted molar refractivity (Wildman–Crippen MR) is 84.8 cm³/mol. The molecule has 0 aliphatic heterocycles. The highest BCUT2D eigenvalue weighted by molar-refractivity contribution is 9.10. The van der Waals surface area contributed by atoms with Crippen molar-refractivity contribution in [3.63, 3.8) is 0 Å². The van der Waals surface area contributed by atoms with Crippen molar-refractivity contribution in [3.05, 3.63) is 28.5 Å². The van der Waals surface area contributed by atoms with E-state index in [-0.39, 0.29) is 0 Å². The van der Waals surface area contributed by atoms with Crippen LogP contribution in [0.3, 0.4) is 0 Å². The van der Waals surface area contributed by atoms with Crippen LogP contribution in [-0.2, 0) is 0 Å². The fraction of sp³-hybridized carbons (Fsp3) is 0.533. The van der Waals surface area contributed by atoms with E-state index in [1.165, 1.54) is 11.3 Å². The van der Waals surface area contributed by atoms with Crippen LogP contribution in [0.1, 0.15) is 45.5 Å². The van der Waals surface area contributed by atoms with Crippen molar-refractivity contribution in [1.29, 1.82) is 0 Å². The number of nitrogens with one attached hydrogen (secondary N) is 1. The first-order valence-electron chi connectivity index (χ1n) is 6.92. The standard InChI is InChI=1S/C15H22BrN3/c1-5-17-9-11(4)15-18-13-8-12(16)6-7-14(13)19(15)10(2)3/h6-8,10-11,17H,5,9H2,1-4H3. The van der Waals surface area contributed by atoms with Crippen molar-refractivity contribution < 1.29 is 0 Å². The zero-order chi connectivity index (χ0) is 14.0. The minimum absolute atomic E-state index is 0.411. The quantitative estimate of drug-likeness (QED) is 0.898. The van der Waals surface area contributed by atoms with E-state index in [0.29, 0.717) is 12.0 Å². The van der Waals surface area contributed by atoms with E-state index in [2.05, 4.69) is 71.7 Å². The lowest BCUT2D eigenvalue weighted by molar-refractivity contribution is 0.530. The molecule has 1 unspecified atom stereocenters. The van der Waals surface area contributed by atoms with Crippen LogP contribution < -0.4 is 5.32 Å². The lowest BCUT2D eigenvalue weighted by Gasteiger charge is -2.17. The molecule has 104 valence electrons. The molecule has 1 atom stereocenters. The SMILES string of the molecule is CCNCC(C)c1nc2cc(Br)ccc2n1C(C)C. The van der Waals surface area contributed by atoms with Gasteiger partial charge in [0.2, 0.25) is 0 Å². The number of benzene rings is 1. The first kappa shape index (κ1) is 14.5. The Morgan fingerprint density at radius 3 is 2.68 bits per heavy atom. The van der Waals surface area contributed by atoms with Crippen molar-refractivity contribution in [3.8, 4) is 0 Å². The van der Waals surface area contributed by atoms with E-state index >= 15 is 0 Å². The molecule has 0 spiro atoms. The van der Waals surface area contributed by atoms with Crippen LogP contribution in [0.4, 0.5) is 0 Å². The van der Waals surface area contributed by atoms with E-state index in [0.717, 1.165) is 23.1 Å². The summed E-state index contributed by atoms with van der Waals surface area (Å²) in [5.41, 5.74) is 2.29. The summed E-state index contributed by atoms with van der Waals surface area (Å²) in [5, 5.41) is 3.41. The molecule has 0 bridgehead atoms. The number of hydrogen-bond acceptors (Lipinski definition) is 2. The van der Waals surface area contributed by atoms with E-state index in [1.54, 1.807) is 0 Å². The Balaban J connectivity index is 2.49. The molecule has 2 aromatic rings. The molecule has 3 nitrogen and oxygen atoms in total. The molecule has 0 fully saturated rings. The van der Waals surface area contributed by atoms with Crippen LogP contribution in [0.15, 0.2) is 22.7 Å². The Bertz CT molecular complexity index is 560. The fourth-order valence-corrected chi connectivity index (χ4v) is 2.78. The number of likely N-dealkylation sites (N-methyl/N-ethyl adjacent to an activating group) is 1. The molecule has 2 rings (SSSR count). The van der Waals surface area contributed by atoms with Gasteiger partial charge in [-0.25, -0.2) is 4.98 Å². The van der Waals surface area contributed by atoms with E-state index in [4.69, 9.17) is 4.98 Å². The molecule has 0 saturated heterocycles. The number of hydrogen-bond donors (Lipinski definition) is 1. The third-order valence-electron chi connectivity index (χ3n) is 3.34. The van der Waals surface area contributed by atoms with Gasteiger partial charge < -0.3 is 9.88 Å². The van der Waals surface area contributed by atoms with Gasteiger partial charge in [0.15, 0.2) is 0 Å². The average molecular weight is 324 g/mol. The Morgan fingerprint density at radius 2 is 2.05 bits per heavy atom. The molecular formula is C15H22BrN3. The Morgan fingerprint density at radius 1 is 1.32 bits per heavy atom. The Kier molecular flexibility index (Phi) is 4.63. The second-order valence-electron chi connectivity index (χ2n) is 5.28. The molecule has 19 heavy (non-hydrogen) atoms. The van der Waals surface area contributed by atoms with Crippen LogP contribution >= 0.6 is 15.9 Å². The molecule has 1 N–H and O–H groups in total. The number of rotatable bonds is 5. The number of imidazole rings is 1. The largest absolute Gasteiger partial charge is 0.325 e. The summed E-state index contributed by atoms with van der Waals surface area (Å²) in [5.74, 6) is 1.58. The minimum atomic E-state index is 0.411. The average Bonchev–Trinajstić information content (AvgIpc) is 2.74. The van der Waals surface area contributed by atoms with Gasteiger partial charge in [0, 0.05) is 23.0 Å². The van der Waals surface area contributed by atoms with Gasteiger partial charge in [-0.1, -0.05) is 29.8 Å². The Hall–Kier alpha value is -0.870. The Labute approximate surface area is 123 Å². The van der Waals surface area contributed by atoms with Crippen LogP contribution in [0, 0.1) is 0 Å². The minimum Gasteiger partial charge on any atom is -0.325 e. The molecule has 0 radical (unpaired) electrons. The topological polar surface area (TPSA) is 29.9 Å². The zero-order valence-electron chi connectivity index (χ0n) is 12.1. The summed E-state index contributed by atoms with van der Waals surface area (Å²) in [7, 11) is 0. The third kappa shape index (κ3) is 3.00. The molecule has 4 heteroatoms. The maximum atomic E-state index is 4.84. The second kappa shape index (κ2) is 6.06. The second-order valence-corrected chi connectivity index (χ2v) is 6.19. The number of fused-ring (bicyclic) bond motifs is 1. The van der Waals surface area contributed by atoms with Crippen LogP contribution in [-0.4, -0.2) is 22.6 Å². The smallest absolute Gasteiger partial charge is 0.114 e. The van der Waals surface area contributed by atoms with Gasteiger partial charge in [-0.05, 0) is 38.6 Å². The molecule has 0 aliphatic rings. The predicted octanol–water partition coefficient (Wildman–Crippen LogP) is 4.09. The highest BCUT2D eigenvalue weighted by Crippen LogP contribution is 2.27. The molecule has 1 heterocycles. The maximum absolute atomic E-state index is 4.84. The lowest BCUT2D eigenvalue weighted by atomic mass is 10.1.